The number of hydrogen-bond donors (Lipinski definition) is 4. The van der Waals surface area contributed by atoms with Crippen molar-refractivity contribution in [3.8, 4) is 11.5 Å². The van der Waals surface area contributed by atoms with Crippen molar-refractivity contribution in [2.45, 2.75) is 64.0 Å². The highest BCUT2D eigenvalue weighted by molar-refractivity contribution is 5.96. The lowest BCUT2D eigenvalue weighted by Gasteiger charge is -2.27. The molecule has 1 saturated carbocycles. The highest BCUT2D eigenvalue weighted by atomic mass is 19.4. The summed E-state index contributed by atoms with van der Waals surface area (Å²) in [5, 5.41) is 17.7. The molecular formula is C28H32F3N3O6. The monoisotopic (exact) mass is 563 g/mol. The fraction of sp³-hybridized carbons (Fsp3) is 0.464. The van der Waals surface area contributed by atoms with E-state index in [-0.39, 0.29) is 42.7 Å². The van der Waals surface area contributed by atoms with Crippen LogP contribution in [0.5, 0.6) is 11.5 Å². The normalized spacial score (nSPS) is 22.0. The van der Waals surface area contributed by atoms with Crippen molar-refractivity contribution in [1.82, 2.24) is 10.6 Å². The highest BCUT2D eigenvalue weighted by Crippen LogP contribution is 2.39. The molecule has 216 valence electrons. The Bertz CT molecular complexity index is 1260. The van der Waals surface area contributed by atoms with Gasteiger partial charge < -0.3 is 30.5 Å². The molecule has 2 aromatic carbocycles. The third-order valence-electron chi connectivity index (χ3n) is 7.32. The van der Waals surface area contributed by atoms with Crippen LogP contribution in [-0.2, 0) is 9.59 Å². The molecule has 2 atom stereocenters. The molecule has 9 nitrogen and oxygen atoms in total. The number of carboxylic acids is 1. The number of fused-ring (bicyclic) bond motifs is 1. The van der Waals surface area contributed by atoms with E-state index in [2.05, 4.69) is 20.7 Å². The third kappa shape index (κ3) is 7.16. The number of aliphatic carboxylic acids is 1. The van der Waals surface area contributed by atoms with E-state index in [0.29, 0.717) is 53.8 Å². The van der Waals surface area contributed by atoms with Gasteiger partial charge in [-0.3, -0.25) is 14.4 Å². The van der Waals surface area contributed by atoms with E-state index in [0.717, 1.165) is 0 Å². The molecule has 4 N–H and O–H groups in total. The smallest absolute Gasteiger partial charge is 0.490 e. The number of rotatable bonds is 9. The zero-order chi connectivity index (χ0) is 29.0. The van der Waals surface area contributed by atoms with Crippen LogP contribution in [0.3, 0.4) is 0 Å². The van der Waals surface area contributed by atoms with Gasteiger partial charge in [0.2, 0.25) is 5.91 Å². The van der Waals surface area contributed by atoms with E-state index in [4.69, 9.17) is 9.84 Å². The van der Waals surface area contributed by atoms with Crippen molar-refractivity contribution in [1.29, 1.82) is 0 Å². The molecule has 0 aromatic heterocycles. The minimum atomic E-state index is -4.80. The van der Waals surface area contributed by atoms with E-state index < -0.39 is 24.3 Å². The first-order valence-corrected chi connectivity index (χ1v) is 13.1. The Morgan fingerprint density at radius 3 is 2.33 bits per heavy atom. The molecule has 0 bridgehead atoms. The van der Waals surface area contributed by atoms with Gasteiger partial charge in [0.1, 0.15) is 17.5 Å². The lowest BCUT2D eigenvalue weighted by Crippen LogP contribution is -2.43. The predicted octanol–water partition coefficient (Wildman–Crippen LogP) is 4.36. The molecule has 12 heteroatoms. The zero-order valence-electron chi connectivity index (χ0n) is 22.1. The van der Waals surface area contributed by atoms with Gasteiger partial charge in [0.05, 0.1) is 12.0 Å². The van der Waals surface area contributed by atoms with Gasteiger partial charge in [-0.1, -0.05) is 6.92 Å². The van der Waals surface area contributed by atoms with Crippen molar-refractivity contribution in [2.75, 3.05) is 18.4 Å². The number of carbonyl (C=O) groups is 3. The standard InChI is InChI=1S/C28H32F3N3O6/c1-15-13-19(39-18-5-3-17(4-6-18)27(37)38)7-9-21(15)25(35)32-11-12-33-26(36)24-16(2)22-14-20(40-28(29,30)31)8-10-23(22)34-24/h7-10,13-14,16-18,24,34H,3-6,11-12H2,1-2H3,(H,32,35)(H,33,36)(H,37,38). The van der Waals surface area contributed by atoms with Gasteiger partial charge >= 0.3 is 12.3 Å². The average Bonchev–Trinajstić information content (AvgIpc) is 3.21. The van der Waals surface area contributed by atoms with Crippen LogP contribution in [0.4, 0.5) is 18.9 Å². The molecular weight excluding hydrogens is 531 g/mol. The van der Waals surface area contributed by atoms with Gasteiger partial charge in [-0.25, -0.2) is 0 Å². The Balaban J connectivity index is 1.22. The maximum Gasteiger partial charge on any atom is 0.573 e. The number of nitrogens with one attached hydrogen (secondary N) is 3. The Morgan fingerprint density at radius 2 is 1.68 bits per heavy atom. The highest BCUT2D eigenvalue weighted by Gasteiger charge is 2.36. The second-order valence-electron chi connectivity index (χ2n) is 10.2. The van der Waals surface area contributed by atoms with Crippen LogP contribution in [-0.4, -0.2) is 54.5 Å². The molecule has 1 heterocycles. The fourth-order valence-corrected chi connectivity index (χ4v) is 5.16. The number of halogens is 3. The molecule has 0 radical (unpaired) electrons. The first-order chi connectivity index (χ1) is 18.9. The van der Waals surface area contributed by atoms with Crippen LogP contribution in [0.25, 0.3) is 0 Å². The average molecular weight is 564 g/mol. The second kappa shape index (κ2) is 12.1. The van der Waals surface area contributed by atoms with Crippen LogP contribution in [0, 0.1) is 12.8 Å². The van der Waals surface area contributed by atoms with Gasteiger partial charge in [0, 0.05) is 30.3 Å². The number of amides is 2. The number of hydrogen-bond acceptors (Lipinski definition) is 6. The van der Waals surface area contributed by atoms with Gasteiger partial charge in [-0.05, 0) is 80.1 Å². The number of alkyl halides is 3. The fourth-order valence-electron chi connectivity index (χ4n) is 5.16. The maximum absolute atomic E-state index is 12.7. The summed E-state index contributed by atoms with van der Waals surface area (Å²) in [4.78, 5) is 36.5. The van der Waals surface area contributed by atoms with Crippen molar-refractivity contribution in [2.24, 2.45) is 5.92 Å². The molecule has 1 fully saturated rings. The number of ether oxygens (including phenoxy) is 2. The summed E-state index contributed by atoms with van der Waals surface area (Å²) >= 11 is 0. The summed E-state index contributed by atoms with van der Waals surface area (Å²) < 4.78 is 47.6. The number of benzene rings is 2. The molecule has 40 heavy (non-hydrogen) atoms. The Kier molecular flexibility index (Phi) is 8.75. The van der Waals surface area contributed by atoms with Crippen LogP contribution >= 0.6 is 0 Å². The molecule has 0 spiro atoms. The van der Waals surface area contributed by atoms with E-state index in [1.54, 1.807) is 32.0 Å². The van der Waals surface area contributed by atoms with E-state index in [9.17, 15) is 27.6 Å². The minimum absolute atomic E-state index is 0.0570. The van der Waals surface area contributed by atoms with Crippen LogP contribution in [0.1, 0.15) is 60.0 Å². The molecule has 4 rings (SSSR count). The molecule has 2 aromatic rings. The number of carboxylic acid groups (broad SMARTS) is 1. The SMILES string of the molecule is Cc1cc(OC2CCC(C(=O)O)CC2)ccc1C(=O)NCCNC(=O)C1Nc2ccc(OC(F)(F)F)cc2C1C. The molecule has 1 aliphatic heterocycles. The summed E-state index contributed by atoms with van der Waals surface area (Å²) in [7, 11) is 0. The lowest BCUT2D eigenvalue weighted by atomic mass is 9.87. The maximum atomic E-state index is 12.7. The van der Waals surface area contributed by atoms with Crippen molar-refractivity contribution in [3.05, 3.63) is 53.1 Å². The zero-order valence-corrected chi connectivity index (χ0v) is 22.1. The minimum Gasteiger partial charge on any atom is -0.490 e. The van der Waals surface area contributed by atoms with Crippen molar-refractivity contribution < 1.29 is 42.1 Å². The topological polar surface area (TPSA) is 126 Å². The Morgan fingerprint density at radius 1 is 1.00 bits per heavy atom. The molecule has 2 aliphatic rings. The Labute approximate surface area is 229 Å². The molecule has 2 unspecified atom stereocenters. The van der Waals surface area contributed by atoms with Gasteiger partial charge in [-0.2, -0.15) is 0 Å². The summed E-state index contributed by atoms with van der Waals surface area (Å²) in [5.74, 6) is -1.85. The van der Waals surface area contributed by atoms with Crippen LogP contribution in [0.2, 0.25) is 0 Å². The molecule has 0 saturated heterocycles. The number of aryl methyl sites for hydroxylation is 1. The number of anilines is 1. The third-order valence-corrected chi connectivity index (χ3v) is 7.32. The first-order valence-electron chi connectivity index (χ1n) is 13.1. The van der Waals surface area contributed by atoms with E-state index in [1.165, 1.54) is 18.2 Å². The first kappa shape index (κ1) is 29.0. The van der Waals surface area contributed by atoms with Crippen LogP contribution < -0.4 is 25.4 Å². The number of carbonyl (C=O) groups excluding carboxylic acids is 2. The van der Waals surface area contributed by atoms with E-state index in [1.807, 2.05) is 0 Å². The Hall–Kier alpha value is -3.96. The molecule has 2 amide bonds. The lowest BCUT2D eigenvalue weighted by molar-refractivity contribution is -0.274. The van der Waals surface area contributed by atoms with Crippen LogP contribution in [0.15, 0.2) is 36.4 Å². The van der Waals surface area contributed by atoms with Crippen molar-refractivity contribution in [3.63, 3.8) is 0 Å². The predicted molar refractivity (Wildman–Crippen MR) is 139 cm³/mol. The summed E-state index contributed by atoms with van der Waals surface area (Å²) in [6.45, 7) is 3.86. The summed E-state index contributed by atoms with van der Waals surface area (Å²) in [6, 6.07) is 8.38. The second-order valence-corrected chi connectivity index (χ2v) is 10.2. The quantitative estimate of drug-likeness (QED) is 0.334. The molecule has 1 aliphatic carbocycles. The van der Waals surface area contributed by atoms with Gasteiger partial charge in [-0.15, -0.1) is 13.2 Å². The van der Waals surface area contributed by atoms with Crippen molar-refractivity contribution >= 4 is 23.5 Å². The van der Waals surface area contributed by atoms with Gasteiger partial charge in [0.25, 0.3) is 5.91 Å². The van der Waals surface area contributed by atoms with Gasteiger partial charge in [0.15, 0.2) is 0 Å². The summed E-state index contributed by atoms with van der Waals surface area (Å²) in [6.07, 6.45) is -2.37. The largest absolute Gasteiger partial charge is 0.573 e. The van der Waals surface area contributed by atoms with E-state index >= 15 is 0 Å². The summed E-state index contributed by atoms with van der Waals surface area (Å²) in [5.41, 5.74) is 2.29.